The highest BCUT2D eigenvalue weighted by Gasteiger charge is 2.46. The van der Waals surface area contributed by atoms with Crippen molar-refractivity contribution in [3.05, 3.63) is 60.4 Å². The monoisotopic (exact) mass is 432 g/mol. The third-order valence-corrected chi connectivity index (χ3v) is 6.49. The van der Waals surface area contributed by atoms with Gasteiger partial charge in [-0.1, -0.05) is 24.3 Å². The lowest BCUT2D eigenvalue weighted by atomic mass is 9.76. The molecule has 5 N–H and O–H groups in total. The molecule has 1 aliphatic heterocycles. The van der Waals surface area contributed by atoms with E-state index in [0.29, 0.717) is 24.8 Å². The second-order valence-corrected chi connectivity index (χ2v) is 8.59. The van der Waals surface area contributed by atoms with E-state index >= 15 is 0 Å². The Hall–Kier alpha value is -3.59. The van der Waals surface area contributed by atoms with Crippen LogP contribution in [0.5, 0.6) is 0 Å². The first-order valence-electron chi connectivity index (χ1n) is 10.6. The molecule has 0 amide bonds. The van der Waals surface area contributed by atoms with Gasteiger partial charge in [-0.25, -0.2) is 15.0 Å². The van der Waals surface area contributed by atoms with Crippen LogP contribution in [0.3, 0.4) is 0 Å². The highest BCUT2D eigenvalue weighted by atomic mass is 16.5. The Bertz CT molecular complexity index is 1160. The van der Waals surface area contributed by atoms with Crippen LogP contribution < -0.4 is 5.73 Å². The molecule has 32 heavy (non-hydrogen) atoms. The van der Waals surface area contributed by atoms with E-state index in [2.05, 4.69) is 26.9 Å². The molecular formula is C23H26N7O2+. The van der Waals surface area contributed by atoms with E-state index in [1.807, 2.05) is 35.0 Å². The number of aliphatic imine (C=N–C) groups is 1. The summed E-state index contributed by atoms with van der Waals surface area (Å²) in [6.45, 7) is 3.37. The molecule has 0 bridgehead atoms. The normalized spacial score (nSPS) is 18.7. The number of benzene rings is 1. The summed E-state index contributed by atoms with van der Waals surface area (Å²) in [4.78, 5) is 16.8. The summed E-state index contributed by atoms with van der Waals surface area (Å²) in [6, 6.07) is 8.34. The molecule has 2 aromatic heterocycles. The molecular weight excluding hydrogens is 406 g/mol. The minimum atomic E-state index is -0.563. The molecule has 1 unspecified atom stereocenters. The van der Waals surface area contributed by atoms with Crippen LogP contribution in [-0.4, -0.2) is 49.6 Å². The molecule has 1 saturated heterocycles. The van der Waals surface area contributed by atoms with Crippen LogP contribution in [0.2, 0.25) is 0 Å². The Labute approximate surface area is 185 Å². The van der Waals surface area contributed by atoms with Crippen molar-refractivity contribution in [3.8, 4) is 11.1 Å². The number of anilines is 1. The number of hydrogen-bond donors (Lipinski definition) is 2. The fourth-order valence-electron chi connectivity index (χ4n) is 4.06. The van der Waals surface area contributed by atoms with Gasteiger partial charge in [0.15, 0.2) is 5.69 Å². The SMILES string of the molecule is CC(C(=N)N=C([OH2+])c1cn(C2COC2)cn1)(c1ccc(-c2cnc(N)nc2)cc1)C1CC1. The van der Waals surface area contributed by atoms with Gasteiger partial charge >= 0.3 is 5.90 Å². The van der Waals surface area contributed by atoms with Crippen molar-refractivity contribution >= 4 is 17.7 Å². The molecule has 1 aliphatic carbocycles. The number of nitrogens with two attached hydrogens (primary N) is 1. The van der Waals surface area contributed by atoms with E-state index in [-0.39, 0.29) is 23.7 Å². The number of hydrogen-bond acceptors (Lipinski definition) is 6. The maximum absolute atomic E-state index is 8.81. The predicted octanol–water partition coefficient (Wildman–Crippen LogP) is 2.31. The molecule has 1 aromatic carbocycles. The Balaban J connectivity index is 1.40. The molecule has 9 heteroatoms. The second kappa shape index (κ2) is 7.83. The van der Waals surface area contributed by atoms with E-state index < -0.39 is 5.41 Å². The maximum atomic E-state index is 8.81. The van der Waals surface area contributed by atoms with Crippen molar-refractivity contribution in [3.63, 3.8) is 0 Å². The van der Waals surface area contributed by atoms with Crippen LogP contribution in [-0.2, 0) is 10.2 Å². The fourth-order valence-corrected chi connectivity index (χ4v) is 4.06. The number of aromatic nitrogens is 4. The van der Waals surface area contributed by atoms with Gasteiger partial charge in [0.1, 0.15) is 5.84 Å². The lowest BCUT2D eigenvalue weighted by Gasteiger charge is -2.28. The van der Waals surface area contributed by atoms with Gasteiger partial charge in [-0.2, -0.15) is 0 Å². The molecule has 0 spiro atoms. The first-order chi connectivity index (χ1) is 15.4. The molecule has 1 atom stereocenters. The number of ether oxygens (including phenoxy) is 1. The Morgan fingerprint density at radius 1 is 1.16 bits per heavy atom. The number of nitrogens with one attached hydrogen (secondary N) is 1. The molecule has 3 aromatic rings. The van der Waals surface area contributed by atoms with Gasteiger partial charge in [-0.3, -0.25) is 5.41 Å². The highest BCUT2D eigenvalue weighted by Crippen LogP contribution is 2.48. The fraction of sp³-hybridized carbons (Fsp3) is 0.348. The summed E-state index contributed by atoms with van der Waals surface area (Å²) in [7, 11) is 0. The minimum absolute atomic E-state index is 0.0107. The summed E-state index contributed by atoms with van der Waals surface area (Å²) >= 11 is 0. The van der Waals surface area contributed by atoms with Gasteiger partial charge in [-0.05, 0) is 36.8 Å². The van der Waals surface area contributed by atoms with Gasteiger partial charge in [0.2, 0.25) is 5.95 Å². The number of imidazole rings is 1. The quantitative estimate of drug-likeness (QED) is 0.350. The smallest absolute Gasteiger partial charge is 0.386 e. The molecule has 5 rings (SSSR count). The van der Waals surface area contributed by atoms with Crippen LogP contribution in [0, 0.1) is 11.3 Å². The van der Waals surface area contributed by atoms with Crippen molar-refractivity contribution in [2.45, 2.75) is 31.2 Å². The first kappa shape index (κ1) is 20.3. The molecule has 2 fully saturated rings. The van der Waals surface area contributed by atoms with Crippen molar-refractivity contribution in [2.24, 2.45) is 10.9 Å². The minimum Gasteiger partial charge on any atom is -0.577 e. The summed E-state index contributed by atoms with van der Waals surface area (Å²) in [6.07, 6.45) is 9.01. The number of rotatable bonds is 6. The van der Waals surface area contributed by atoms with E-state index in [1.54, 1.807) is 18.7 Å². The van der Waals surface area contributed by atoms with Crippen LogP contribution >= 0.6 is 0 Å². The van der Waals surface area contributed by atoms with Crippen LogP contribution in [0.25, 0.3) is 11.1 Å². The summed E-state index contributed by atoms with van der Waals surface area (Å²) in [5.74, 6) is 0.781. The van der Waals surface area contributed by atoms with Gasteiger partial charge < -0.3 is 20.1 Å². The average molecular weight is 433 g/mol. The maximum Gasteiger partial charge on any atom is 0.386 e. The zero-order valence-electron chi connectivity index (χ0n) is 17.8. The third-order valence-electron chi connectivity index (χ3n) is 6.49. The molecule has 1 saturated carbocycles. The Kier molecular flexibility index (Phi) is 4.97. The lowest BCUT2D eigenvalue weighted by molar-refractivity contribution is -0.0233. The zero-order chi connectivity index (χ0) is 22.3. The van der Waals surface area contributed by atoms with Crippen molar-refractivity contribution < 1.29 is 9.84 Å². The standard InChI is InChI=1S/C23H25N7O2/c1-23(17-6-7-17,16-4-2-14(3-5-16)15-8-26-22(25)27-9-15)21(24)29-20(31)19-10-30(13-28-19)18-11-32-12-18/h2-5,8-10,13,17-18H,6-7,11-12H2,1H3,(H2,24,29,31)(H2,25,26,27)/p+1. The largest absolute Gasteiger partial charge is 0.577 e. The van der Waals surface area contributed by atoms with Crippen molar-refractivity contribution in [1.29, 1.82) is 5.41 Å². The van der Waals surface area contributed by atoms with Crippen molar-refractivity contribution in [2.75, 3.05) is 18.9 Å². The van der Waals surface area contributed by atoms with E-state index in [9.17, 15) is 0 Å². The van der Waals surface area contributed by atoms with Crippen LogP contribution in [0.15, 0.2) is 54.2 Å². The van der Waals surface area contributed by atoms with Crippen LogP contribution in [0.4, 0.5) is 5.95 Å². The Morgan fingerprint density at radius 2 is 1.84 bits per heavy atom. The average Bonchev–Trinajstić information content (AvgIpc) is 3.51. The highest BCUT2D eigenvalue weighted by molar-refractivity contribution is 6.03. The van der Waals surface area contributed by atoms with Crippen molar-refractivity contribution in [1.82, 2.24) is 19.5 Å². The Morgan fingerprint density at radius 3 is 2.44 bits per heavy atom. The molecule has 2 aliphatic rings. The topological polar surface area (TPSA) is 138 Å². The summed E-state index contributed by atoms with van der Waals surface area (Å²) in [5.41, 5.74) is 8.37. The second-order valence-electron chi connectivity index (χ2n) is 8.59. The molecule has 3 heterocycles. The van der Waals surface area contributed by atoms with Gasteiger partial charge in [0.25, 0.3) is 0 Å². The zero-order valence-corrected chi connectivity index (χ0v) is 17.8. The summed E-state index contributed by atoms with van der Waals surface area (Å²) < 4.78 is 7.17. The number of nitrogens with zero attached hydrogens (tertiary/aromatic N) is 5. The third kappa shape index (κ3) is 3.64. The molecule has 164 valence electrons. The molecule has 0 radical (unpaired) electrons. The lowest BCUT2D eigenvalue weighted by Crippen LogP contribution is -2.34. The number of nitrogen functional groups attached to an aromatic ring is 1. The summed E-state index contributed by atoms with van der Waals surface area (Å²) in [5, 5.41) is 17.2. The van der Waals surface area contributed by atoms with Gasteiger partial charge in [0, 0.05) is 24.2 Å². The van der Waals surface area contributed by atoms with Gasteiger partial charge in [-0.15, -0.1) is 4.99 Å². The van der Waals surface area contributed by atoms with E-state index in [1.165, 1.54) is 0 Å². The van der Waals surface area contributed by atoms with E-state index in [0.717, 1.165) is 29.5 Å². The predicted molar refractivity (Wildman–Crippen MR) is 122 cm³/mol. The van der Waals surface area contributed by atoms with E-state index in [4.69, 9.17) is 21.0 Å². The van der Waals surface area contributed by atoms with Crippen LogP contribution in [0.1, 0.15) is 37.1 Å². The molecule has 9 nitrogen and oxygen atoms in total. The number of amidine groups is 1. The first-order valence-corrected chi connectivity index (χ1v) is 10.6. The van der Waals surface area contributed by atoms with Gasteiger partial charge in [0.05, 0.1) is 31.0 Å².